The van der Waals surface area contributed by atoms with E-state index < -0.39 is 6.04 Å². The van der Waals surface area contributed by atoms with E-state index >= 15 is 0 Å². The van der Waals surface area contributed by atoms with Crippen LogP contribution < -0.4 is 9.64 Å². The molecule has 0 aromatic heterocycles. The smallest absolute Gasteiger partial charge is 0.249 e. The summed E-state index contributed by atoms with van der Waals surface area (Å²) in [7, 11) is 0. The van der Waals surface area contributed by atoms with Gasteiger partial charge in [0.2, 0.25) is 11.8 Å². The van der Waals surface area contributed by atoms with Crippen LogP contribution in [-0.2, 0) is 16.0 Å². The summed E-state index contributed by atoms with van der Waals surface area (Å²) < 4.78 is 5.53. The van der Waals surface area contributed by atoms with Crippen molar-refractivity contribution in [1.29, 1.82) is 0 Å². The molecule has 2 amide bonds. The molecule has 0 spiro atoms. The van der Waals surface area contributed by atoms with Crippen molar-refractivity contribution in [3.63, 3.8) is 0 Å². The molecule has 0 bridgehead atoms. The van der Waals surface area contributed by atoms with Gasteiger partial charge in [0.25, 0.3) is 0 Å². The van der Waals surface area contributed by atoms with E-state index in [0.29, 0.717) is 32.5 Å². The summed E-state index contributed by atoms with van der Waals surface area (Å²) in [4.78, 5) is 29.0. The number of nitrogens with zero attached hydrogens (tertiary/aromatic N) is 2. The van der Waals surface area contributed by atoms with Gasteiger partial charge >= 0.3 is 0 Å². The minimum Gasteiger partial charge on any atom is -0.494 e. The van der Waals surface area contributed by atoms with Crippen molar-refractivity contribution in [2.45, 2.75) is 32.7 Å². The zero-order chi connectivity index (χ0) is 19.2. The van der Waals surface area contributed by atoms with Crippen molar-refractivity contribution in [2.24, 2.45) is 0 Å². The molecule has 0 saturated carbocycles. The topological polar surface area (TPSA) is 49.9 Å². The molecular formula is C22H26N2O3. The number of anilines is 1. The second-order valence-electron chi connectivity index (χ2n) is 6.67. The van der Waals surface area contributed by atoms with Gasteiger partial charge in [-0.3, -0.25) is 9.59 Å². The summed E-state index contributed by atoms with van der Waals surface area (Å²) in [5.41, 5.74) is 1.95. The molecule has 1 atom stereocenters. The van der Waals surface area contributed by atoms with Crippen molar-refractivity contribution in [2.75, 3.05) is 24.6 Å². The second kappa shape index (κ2) is 8.71. The lowest BCUT2D eigenvalue weighted by atomic mass is 10.1. The van der Waals surface area contributed by atoms with E-state index in [1.165, 1.54) is 0 Å². The minimum atomic E-state index is -0.460. The Balaban J connectivity index is 1.63. The molecule has 1 aliphatic heterocycles. The Morgan fingerprint density at radius 3 is 2.63 bits per heavy atom. The van der Waals surface area contributed by atoms with Gasteiger partial charge in [-0.2, -0.15) is 0 Å². The van der Waals surface area contributed by atoms with E-state index in [1.807, 2.05) is 61.5 Å². The van der Waals surface area contributed by atoms with Gasteiger partial charge in [0.15, 0.2) is 0 Å². The third-order valence-electron chi connectivity index (χ3n) is 4.89. The van der Waals surface area contributed by atoms with Gasteiger partial charge in [0.1, 0.15) is 11.8 Å². The molecular weight excluding hydrogens is 340 g/mol. The van der Waals surface area contributed by atoms with Crippen LogP contribution in [0.1, 0.15) is 25.8 Å². The Hall–Kier alpha value is -2.82. The Morgan fingerprint density at radius 1 is 1.11 bits per heavy atom. The highest BCUT2D eigenvalue weighted by Crippen LogP contribution is 2.25. The summed E-state index contributed by atoms with van der Waals surface area (Å²) in [6.45, 7) is 5.35. The number of rotatable bonds is 6. The lowest BCUT2D eigenvalue weighted by Crippen LogP contribution is -2.57. The van der Waals surface area contributed by atoms with Crippen LogP contribution in [0.25, 0.3) is 0 Å². The first-order valence-corrected chi connectivity index (χ1v) is 9.47. The predicted octanol–water partition coefficient (Wildman–Crippen LogP) is 3.28. The Morgan fingerprint density at radius 2 is 1.89 bits per heavy atom. The molecule has 1 aliphatic rings. The number of benzene rings is 2. The van der Waals surface area contributed by atoms with Crippen molar-refractivity contribution in [3.8, 4) is 5.75 Å². The zero-order valence-electron chi connectivity index (χ0n) is 15.9. The van der Waals surface area contributed by atoms with Gasteiger partial charge in [-0.25, -0.2) is 0 Å². The molecule has 0 N–H and O–H groups in total. The van der Waals surface area contributed by atoms with Gasteiger partial charge in [-0.1, -0.05) is 36.4 Å². The highest BCUT2D eigenvalue weighted by Gasteiger charge is 2.34. The average molecular weight is 366 g/mol. The van der Waals surface area contributed by atoms with E-state index in [2.05, 4.69) is 0 Å². The third-order valence-corrected chi connectivity index (χ3v) is 4.89. The van der Waals surface area contributed by atoms with Crippen LogP contribution in [0, 0.1) is 0 Å². The molecule has 1 saturated heterocycles. The standard InChI is InChI=1S/C22H26N2O3/c1-3-27-20-11-7-10-19(16-20)24-15-14-23(17(2)22(24)26)21(25)13-12-18-8-5-4-6-9-18/h4-11,16-17H,3,12-15H2,1-2H3. The molecule has 2 aromatic carbocycles. The molecule has 1 unspecified atom stereocenters. The fourth-order valence-corrected chi connectivity index (χ4v) is 3.41. The van der Waals surface area contributed by atoms with Crippen LogP contribution in [0.15, 0.2) is 54.6 Å². The summed E-state index contributed by atoms with van der Waals surface area (Å²) >= 11 is 0. The van der Waals surface area contributed by atoms with Gasteiger partial charge < -0.3 is 14.5 Å². The highest BCUT2D eigenvalue weighted by atomic mass is 16.5. The highest BCUT2D eigenvalue weighted by molar-refractivity contribution is 6.00. The molecule has 2 aromatic rings. The number of aryl methyl sites for hydroxylation is 1. The normalized spacial score (nSPS) is 17.1. The summed E-state index contributed by atoms with van der Waals surface area (Å²) in [5.74, 6) is 0.724. The number of amides is 2. The molecule has 0 radical (unpaired) electrons. The van der Waals surface area contributed by atoms with Crippen molar-refractivity contribution in [3.05, 3.63) is 60.2 Å². The maximum Gasteiger partial charge on any atom is 0.249 e. The molecule has 1 heterocycles. The van der Waals surface area contributed by atoms with E-state index in [1.54, 1.807) is 16.7 Å². The van der Waals surface area contributed by atoms with Crippen LogP contribution in [-0.4, -0.2) is 42.5 Å². The predicted molar refractivity (Wildman–Crippen MR) is 106 cm³/mol. The lowest BCUT2D eigenvalue weighted by Gasteiger charge is -2.39. The van der Waals surface area contributed by atoms with Crippen LogP contribution in [0.3, 0.4) is 0 Å². The molecule has 5 nitrogen and oxygen atoms in total. The average Bonchev–Trinajstić information content (AvgIpc) is 2.69. The third kappa shape index (κ3) is 4.48. The number of piperazine rings is 1. The Bertz CT molecular complexity index is 791. The quantitative estimate of drug-likeness (QED) is 0.788. The molecule has 3 rings (SSSR count). The number of ether oxygens (including phenoxy) is 1. The first kappa shape index (κ1) is 19.0. The van der Waals surface area contributed by atoms with E-state index in [0.717, 1.165) is 17.0 Å². The van der Waals surface area contributed by atoms with Crippen LogP contribution in [0.4, 0.5) is 5.69 Å². The Labute approximate surface area is 160 Å². The van der Waals surface area contributed by atoms with E-state index in [9.17, 15) is 9.59 Å². The SMILES string of the molecule is CCOc1cccc(N2CCN(C(=O)CCc3ccccc3)C(C)C2=O)c1. The number of hydrogen-bond donors (Lipinski definition) is 0. The van der Waals surface area contributed by atoms with Crippen molar-refractivity contribution >= 4 is 17.5 Å². The van der Waals surface area contributed by atoms with Crippen LogP contribution in [0.5, 0.6) is 5.75 Å². The van der Waals surface area contributed by atoms with E-state index in [-0.39, 0.29) is 11.8 Å². The van der Waals surface area contributed by atoms with Crippen molar-refractivity contribution < 1.29 is 14.3 Å². The summed E-state index contributed by atoms with van der Waals surface area (Å²) in [6, 6.07) is 17.0. The molecule has 1 fully saturated rings. The van der Waals surface area contributed by atoms with Gasteiger partial charge in [-0.15, -0.1) is 0 Å². The molecule has 5 heteroatoms. The largest absolute Gasteiger partial charge is 0.494 e. The maximum absolute atomic E-state index is 12.9. The fourth-order valence-electron chi connectivity index (χ4n) is 3.41. The van der Waals surface area contributed by atoms with Gasteiger partial charge in [-0.05, 0) is 38.0 Å². The van der Waals surface area contributed by atoms with Crippen LogP contribution in [0.2, 0.25) is 0 Å². The zero-order valence-corrected chi connectivity index (χ0v) is 15.9. The summed E-state index contributed by atoms with van der Waals surface area (Å²) in [6.07, 6.45) is 1.11. The Kier molecular flexibility index (Phi) is 6.12. The lowest BCUT2D eigenvalue weighted by molar-refractivity contribution is -0.140. The molecule has 0 aliphatic carbocycles. The van der Waals surface area contributed by atoms with Crippen molar-refractivity contribution in [1.82, 2.24) is 4.90 Å². The number of carbonyl (C=O) groups excluding carboxylic acids is 2. The van der Waals surface area contributed by atoms with Gasteiger partial charge in [0.05, 0.1) is 6.61 Å². The van der Waals surface area contributed by atoms with E-state index in [4.69, 9.17) is 4.74 Å². The number of carbonyl (C=O) groups is 2. The first-order valence-electron chi connectivity index (χ1n) is 9.47. The maximum atomic E-state index is 12.9. The monoisotopic (exact) mass is 366 g/mol. The molecule has 142 valence electrons. The second-order valence-corrected chi connectivity index (χ2v) is 6.67. The fraction of sp³-hybridized carbons (Fsp3) is 0.364. The number of hydrogen-bond acceptors (Lipinski definition) is 3. The first-order chi connectivity index (χ1) is 13.1. The molecule has 27 heavy (non-hydrogen) atoms. The van der Waals surface area contributed by atoms with Crippen LogP contribution >= 0.6 is 0 Å². The minimum absolute atomic E-state index is 0.0300. The van der Waals surface area contributed by atoms with Gasteiger partial charge in [0, 0.05) is 31.3 Å². The summed E-state index contributed by atoms with van der Waals surface area (Å²) in [5, 5.41) is 0.